The SMILES string of the molecule is Cc1nn(C)cc1C(=O)Oc1c(C(=O)c2ccc(Cl)cc2Cl)c(C)nn1C. The predicted octanol–water partition coefficient (Wildman–Crippen LogP) is 3.53. The number of rotatable bonds is 4. The molecule has 0 bridgehead atoms. The lowest BCUT2D eigenvalue weighted by atomic mass is 10.0. The number of hydrogen-bond donors (Lipinski definition) is 0. The van der Waals surface area contributed by atoms with Gasteiger partial charge in [0.2, 0.25) is 11.7 Å². The van der Waals surface area contributed by atoms with Crippen molar-refractivity contribution in [2.45, 2.75) is 13.8 Å². The fourth-order valence-corrected chi connectivity index (χ4v) is 3.26. The third kappa shape index (κ3) is 3.61. The molecule has 0 aliphatic carbocycles. The minimum absolute atomic E-state index is 0.0387. The Labute approximate surface area is 165 Å². The number of nitrogens with zero attached hydrogens (tertiary/aromatic N) is 4. The van der Waals surface area contributed by atoms with Crippen LogP contribution in [0, 0.1) is 13.8 Å². The van der Waals surface area contributed by atoms with Gasteiger partial charge in [0, 0.05) is 30.9 Å². The molecule has 0 saturated carbocycles. The van der Waals surface area contributed by atoms with E-state index in [-0.39, 0.29) is 22.0 Å². The molecule has 140 valence electrons. The van der Waals surface area contributed by atoms with E-state index in [9.17, 15) is 9.59 Å². The molecular formula is C18H16Cl2N4O3. The highest BCUT2D eigenvalue weighted by atomic mass is 35.5. The van der Waals surface area contributed by atoms with Crippen LogP contribution >= 0.6 is 23.2 Å². The highest BCUT2D eigenvalue weighted by molar-refractivity contribution is 6.37. The topological polar surface area (TPSA) is 79.0 Å². The summed E-state index contributed by atoms with van der Waals surface area (Å²) in [5.74, 6) is -0.996. The van der Waals surface area contributed by atoms with Gasteiger partial charge in [0.05, 0.1) is 16.4 Å². The summed E-state index contributed by atoms with van der Waals surface area (Å²) < 4.78 is 8.36. The molecule has 0 aliphatic heterocycles. The first-order chi connectivity index (χ1) is 12.7. The first-order valence-electron chi connectivity index (χ1n) is 7.94. The lowest BCUT2D eigenvalue weighted by Crippen LogP contribution is -2.14. The molecule has 3 rings (SSSR count). The van der Waals surface area contributed by atoms with Crippen molar-refractivity contribution in [3.05, 3.63) is 62.5 Å². The summed E-state index contributed by atoms with van der Waals surface area (Å²) in [4.78, 5) is 25.6. The van der Waals surface area contributed by atoms with Crippen LogP contribution in [0.25, 0.3) is 0 Å². The molecule has 0 unspecified atom stereocenters. The maximum atomic E-state index is 13.0. The van der Waals surface area contributed by atoms with Gasteiger partial charge in [-0.2, -0.15) is 10.2 Å². The number of carbonyl (C=O) groups is 2. The predicted molar refractivity (Wildman–Crippen MR) is 101 cm³/mol. The van der Waals surface area contributed by atoms with Crippen molar-refractivity contribution in [1.29, 1.82) is 0 Å². The highest BCUT2D eigenvalue weighted by Gasteiger charge is 2.27. The fraction of sp³-hybridized carbons (Fsp3) is 0.222. The molecule has 0 aliphatic rings. The molecule has 2 aromatic heterocycles. The molecular weight excluding hydrogens is 391 g/mol. The standard InChI is InChI=1S/C18H16Cl2N4O3/c1-9-13(8-23(3)21-9)18(26)27-17-15(10(2)22-24(17)4)16(25)12-6-5-11(19)7-14(12)20/h5-8H,1-4H3. The monoisotopic (exact) mass is 406 g/mol. The molecule has 9 heteroatoms. The largest absolute Gasteiger partial charge is 0.403 e. The Morgan fingerprint density at radius 1 is 1.04 bits per heavy atom. The zero-order valence-corrected chi connectivity index (χ0v) is 16.6. The summed E-state index contributed by atoms with van der Waals surface area (Å²) in [6.07, 6.45) is 1.55. The quantitative estimate of drug-likeness (QED) is 0.489. The zero-order valence-electron chi connectivity index (χ0n) is 15.1. The molecule has 1 aromatic carbocycles. The Hall–Kier alpha value is -2.64. The average molecular weight is 407 g/mol. The van der Waals surface area contributed by atoms with Crippen molar-refractivity contribution in [3.8, 4) is 5.88 Å². The number of ketones is 1. The Kier molecular flexibility index (Phi) is 5.08. The molecule has 0 fully saturated rings. The number of hydrogen-bond acceptors (Lipinski definition) is 5. The van der Waals surface area contributed by atoms with Gasteiger partial charge in [-0.1, -0.05) is 23.2 Å². The highest BCUT2D eigenvalue weighted by Crippen LogP contribution is 2.29. The van der Waals surface area contributed by atoms with Crippen LogP contribution in [-0.2, 0) is 14.1 Å². The van der Waals surface area contributed by atoms with Crippen LogP contribution in [0.4, 0.5) is 0 Å². The van der Waals surface area contributed by atoms with Crippen molar-refractivity contribution in [1.82, 2.24) is 19.6 Å². The van der Waals surface area contributed by atoms with E-state index in [2.05, 4.69) is 10.2 Å². The summed E-state index contributed by atoms with van der Waals surface area (Å²) in [6, 6.07) is 4.57. The van der Waals surface area contributed by atoms with Crippen LogP contribution in [0.1, 0.15) is 37.7 Å². The van der Waals surface area contributed by atoms with E-state index in [4.69, 9.17) is 27.9 Å². The van der Waals surface area contributed by atoms with Crippen LogP contribution in [0.5, 0.6) is 5.88 Å². The second kappa shape index (κ2) is 7.17. The number of aromatic nitrogens is 4. The molecule has 0 N–H and O–H groups in total. The number of carbonyl (C=O) groups excluding carboxylic acids is 2. The fourth-order valence-electron chi connectivity index (χ4n) is 2.77. The first kappa shape index (κ1) is 19.1. The van der Waals surface area contributed by atoms with Crippen LogP contribution in [0.3, 0.4) is 0 Å². The van der Waals surface area contributed by atoms with Gasteiger partial charge in [0.1, 0.15) is 11.1 Å². The van der Waals surface area contributed by atoms with Crippen LogP contribution in [0.15, 0.2) is 24.4 Å². The number of esters is 1. The minimum atomic E-state index is -0.625. The first-order valence-corrected chi connectivity index (χ1v) is 8.70. The van der Waals surface area contributed by atoms with Gasteiger partial charge >= 0.3 is 5.97 Å². The smallest absolute Gasteiger partial charge is 0.348 e. The normalized spacial score (nSPS) is 10.9. The van der Waals surface area contributed by atoms with E-state index in [1.807, 2.05) is 0 Å². The molecule has 2 heterocycles. The molecule has 0 amide bonds. The Morgan fingerprint density at radius 3 is 2.33 bits per heavy atom. The maximum Gasteiger partial charge on any atom is 0.348 e. The lowest BCUT2D eigenvalue weighted by molar-refractivity contribution is 0.0717. The molecule has 3 aromatic rings. The summed E-state index contributed by atoms with van der Waals surface area (Å²) >= 11 is 12.1. The van der Waals surface area contributed by atoms with Crippen LogP contribution in [-0.4, -0.2) is 31.3 Å². The van der Waals surface area contributed by atoms with Gasteiger partial charge in [-0.05, 0) is 32.0 Å². The van der Waals surface area contributed by atoms with Crippen LogP contribution < -0.4 is 4.74 Å². The van der Waals surface area contributed by atoms with E-state index < -0.39 is 11.8 Å². The Bertz CT molecular complexity index is 1070. The van der Waals surface area contributed by atoms with E-state index in [1.165, 1.54) is 21.5 Å². The molecule has 7 nitrogen and oxygen atoms in total. The molecule has 0 atom stereocenters. The van der Waals surface area contributed by atoms with Gasteiger partial charge < -0.3 is 4.74 Å². The van der Waals surface area contributed by atoms with Crippen molar-refractivity contribution < 1.29 is 14.3 Å². The molecule has 0 spiro atoms. The number of benzene rings is 1. The second-order valence-corrected chi connectivity index (χ2v) is 6.88. The van der Waals surface area contributed by atoms with Crippen LogP contribution in [0.2, 0.25) is 10.0 Å². The van der Waals surface area contributed by atoms with E-state index in [0.29, 0.717) is 22.0 Å². The second-order valence-electron chi connectivity index (χ2n) is 6.03. The van der Waals surface area contributed by atoms with Gasteiger partial charge in [-0.3, -0.25) is 9.48 Å². The minimum Gasteiger partial charge on any atom is -0.403 e. The molecule has 0 saturated heterocycles. The van der Waals surface area contributed by atoms with Crippen molar-refractivity contribution in [3.63, 3.8) is 0 Å². The number of halogens is 2. The van der Waals surface area contributed by atoms with Crippen molar-refractivity contribution in [2.75, 3.05) is 0 Å². The van der Waals surface area contributed by atoms with Crippen molar-refractivity contribution >= 4 is 35.0 Å². The Balaban J connectivity index is 2.02. The summed E-state index contributed by atoms with van der Waals surface area (Å²) in [7, 11) is 3.29. The van der Waals surface area contributed by atoms with Gasteiger partial charge in [-0.25, -0.2) is 9.48 Å². The van der Waals surface area contributed by atoms with E-state index in [1.54, 1.807) is 40.2 Å². The summed E-state index contributed by atoms with van der Waals surface area (Å²) in [5.41, 5.74) is 1.65. The van der Waals surface area contributed by atoms with Gasteiger partial charge in [0.25, 0.3) is 0 Å². The van der Waals surface area contributed by atoms with Gasteiger partial charge in [-0.15, -0.1) is 0 Å². The number of aryl methyl sites for hydroxylation is 4. The average Bonchev–Trinajstić information content (AvgIpc) is 3.05. The molecule has 0 radical (unpaired) electrons. The van der Waals surface area contributed by atoms with Crippen molar-refractivity contribution in [2.24, 2.45) is 14.1 Å². The number of ether oxygens (including phenoxy) is 1. The van der Waals surface area contributed by atoms with E-state index in [0.717, 1.165) is 0 Å². The summed E-state index contributed by atoms with van der Waals surface area (Å²) in [6.45, 7) is 3.36. The Morgan fingerprint density at radius 2 is 1.74 bits per heavy atom. The third-order valence-corrected chi connectivity index (χ3v) is 4.54. The summed E-state index contributed by atoms with van der Waals surface area (Å²) in [5, 5.41) is 8.95. The lowest BCUT2D eigenvalue weighted by Gasteiger charge is -2.08. The third-order valence-electron chi connectivity index (χ3n) is 4.00. The van der Waals surface area contributed by atoms with E-state index >= 15 is 0 Å². The maximum absolute atomic E-state index is 13.0. The van der Waals surface area contributed by atoms with Gasteiger partial charge in [0.15, 0.2) is 0 Å². The zero-order chi connectivity index (χ0) is 19.9. The molecule has 27 heavy (non-hydrogen) atoms.